The van der Waals surface area contributed by atoms with Crippen molar-refractivity contribution in [3.63, 3.8) is 0 Å². The van der Waals surface area contributed by atoms with Gasteiger partial charge in [0.1, 0.15) is 0 Å². The summed E-state index contributed by atoms with van der Waals surface area (Å²) in [6, 6.07) is 4.50. The van der Waals surface area contributed by atoms with Crippen LogP contribution in [0, 0.1) is 12.8 Å². The van der Waals surface area contributed by atoms with Gasteiger partial charge in [-0.1, -0.05) is 18.3 Å². The van der Waals surface area contributed by atoms with Crippen molar-refractivity contribution in [3.8, 4) is 11.5 Å². The molecular weight excluding hydrogens is 398 g/mol. The van der Waals surface area contributed by atoms with E-state index in [0.717, 1.165) is 36.1 Å². The number of hydrogen-bond donors (Lipinski definition) is 1. The van der Waals surface area contributed by atoms with Crippen molar-refractivity contribution in [2.24, 2.45) is 5.92 Å². The Morgan fingerprint density at radius 1 is 1.21 bits per heavy atom. The van der Waals surface area contributed by atoms with Crippen LogP contribution < -0.4 is 14.2 Å². The largest absolute Gasteiger partial charge is 0.493 e. The molecule has 154 valence electrons. The molecule has 1 N–H and O–H groups in total. The SMILES string of the molecule is COc1ccc(S(=O)(=O)Nc2nc(C)c(CN3CCC(C)CC3)s2)cc1OC. The minimum absolute atomic E-state index is 0.101. The highest BCUT2D eigenvalue weighted by Gasteiger charge is 2.21. The van der Waals surface area contributed by atoms with E-state index in [4.69, 9.17) is 9.47 Å². The average molecular weight is 426 g/mol. The zero-order chi connectivity index (χ0) is 20.3. The minimum Gasteiger partial charge on any atom is -0.493 e. The van der Waals surface area contributed by atoms with Crippen molar-refractivity contribution in [2.45, 2.75) is 38.1 Å². The third kappa shape index (κ3) is 4.76. The average Bonchev–Trinajstić information content (AvgIpc) is 3.01. The Morgan fingerprint density at radius 2 is 1.89 bits per heavy atom. The summed E-state index contributed by atoms with van der Waals surface area (Å²) in [7, 11) is -0.787. The van der Waals surface area contributed by atoms with Gasteiger partial charge in [0.2, 0.25) is 0 Å². The number of ether oxygens (including phenoxy) is 2. The zero-order valence-corrected chi connectivity index (χ0v) is 18.3. The Kier molecular flexibility index (Phi) is 6.47. The predicted molar refractivity (Wildman–Crippen MR) is 111 cm³/mol. The Balaban J connectivity index is 1.74. The van der Waals surface area contributed by atoms with Crippen molar-refractivity contribution in [1.82, 2.24) is 9.88 Å². The third-order valence-corrected chi connectivity index (χ3v) is 7.55. The molecule has 1 aromatic carbocycles. The first-order valence-electron chi connectivity index (χ1n) is 9.26. The van der Waals surface area contributed by atoms with Crippen LogP contribution in [0.5, 0.6) is 11.5 Å². The summed E-state index contributed by atoms with van der Waals surface area (Å²) in [5, 5.41) is 0.382. The van der Waals surface area contributed by atoms with Gasteiger partial charge in [-0.15, -0.1) is 0 Å². The Bertz CT molecular complexity index is 919. The van der Waals surface area contributed by atoms with Crippen LogP contribution in [0.25, 0.3) is 0 Å². The summed E-state index contributed by atoms with van der Waals surface area (Å²) in [6.45, 7) is 7.17. The highest BCUT2D eigenvalue weighted by Crippen LogP contribution is 2.32. The van der Waals surface area contributed by atoms with Crippen LogP contribution in [0.2, 0.25) is 0 Å². The molecule has 0 bridgehead atoms. The fraction of sp³-hybridized carbons (Fsp3) is 0.526. The van der Waals surface area contributed by atoms with E-state index in [1.165, 1.54) is 50.5 Å². The Morgan fingerprint density at radius 3 is 2.54 bits per heavy atom. The van der Waals surface area contributed by atoms with E-state index in [1.807, 2.05) is 6.92 Å². The number of aryl methyl sites for hydroxylation is 1. The van der Waals surface area contributed by atoms with E-state index in [-0.39, 0.29) is 4.90 Å². The number of anilines is 1. The molecule has 1 aromatic heterocycles. The van der Waals surface area contributed by atoms with Crippen molar-refractivity contribution in [1.29, 1.82) is 0 Å². The molecule has 0 radical (unpaired) electrons. The first-order valence-corrected chi connectivity index (χ1v) is 11.6. The molecule has 2 aromatic rings. The van der Waals surface area contributed by atoms with Crippen LogP contribution >= 0.6 is 11.3 Å². The van der Waals surface area contributed by atoms with Crippen LogP contribution in [0.4, 0.5) is 5.13 Å². The van der Waals surface area contributed by atoms with E-state index in [2.05, 4.69) is 21.5 Å². The van der Waals surface area contributed by atoms with Crippen LogP contribution in [-0.2, 0) is 16.6 Å². The molecule has 1 saturated heterocycles. The molecule has 1 fully saturated rings. The lowest BCUT2D eigenvalue weighted by atomic mass is 9.99. The summed E-state index contributed by atoms with van der Waals surface area (Å²) >= 11 is 1.39. The second-order valence-electron chi connectivity index (χ2n) is 7.11. The van der Waals surface area contributed by atoms with E-state index in [9.17, 15) is 8.42 Å². The molecule has 1 aliphatic heterocycles. The third-order valence-electron chi connectivity index (χ3n) is 5.02. The van der Waals surface area contributed by atoms with Gasteiger partial charge in [0.15, 0.2) is 16.6 Å². The topological polar surface area (TPSA) is 80.8 Å². The van der Waals surface area contributed by atoms with E-state index < -0.39 is 10.0 Å². The van der Waals surface area contributed by atoms with E-state index in [1.54, 1.807) is 6.07 Å². The molecule has 7 nitrogen and oxygen atoms in total. The Hall–Kier alpha value is -1.84. The van der Waals surface area contributed by atoms with Gasteiger partial charge >= 0.3 is 0 Å². The summed E-state index contributed by atoms with van der Waals surface area (Å²) in [6.07, 6.45) is 2.41. The van der Waals surface area contributed by atoms with Crippen LogP contribution in [0.1, 0.15) is 30.3 Å². The predicted octanol–water partition coefficient (Wildman–Crippen LogP) is 3.50. The van der Waals surface area contributed by atoms with Crippen molar-refractivity contribution in [3.05, 3.63) is 28.8 Å². The fourth-order valence-electron chi connectivity index (χ4n) is 3.20. The van der Waals surface area contributed by atoms with Gasteiger partial charge in [0.05, 0.1) is 24.8 Å². The highest BCUT2D eigenvalue weighted by atomic mass is 32.2. The van der Waals surface area contributed by atoms with E-state index in [0.29, 0.717) is 16.6 Å². The molecule has 0 aliphatic carbocycles. The van der Waals surface area contributed by atoms with Crippen molar-refractivity contribution >= 4 is 26.5 Å². The number of nitrogens with zero attached hydrogens (tertiary/aromatic N) is 2. The fourth-order valence-corrected chi connectivity index (χ4v) is 5.45. The number of rotatable bonds is 7. The number of thiazole rings is 1. The van der Waals surface area contributed by atoms with Gasteiger partial charge in [0, 0.05) is 17.5 Å². The molecule has 1 aliphatic rings. The van der Waals surface area contributed by atoms with E-state index >= 15 is 0 Å². The summed E-state index contributed by atoms with van der Waals surface area (Å²) in [5.74, 6) is 1.62. The zero-order valence-electron chi connectivity index (χ0n) is 16.7. The first-order chi connectivity index (χ1) is 13.3. The van der Waals surface area contributed by atoms with Crippen molar-refractivity contribution in [2.75, 3.05) is 32.0 Å². The molecular formula is C19H27N3O4S2. The summed E-state index contributed by atoms with van der Waals surface area (Å²) in [5.41, 5.74) is 0.869. The monoisotopic (exact) mass is 425 g/mol. The number of methoxy groups -OCH3 is 2. The lowest BCUT2D eigenvalue weighted by Gasteiger charge is -2.29. The number of sulfonamides is 1. The summed E-state index contributed by atoms with van der Waals surface area (Å²) < 4.78 is 38.5. The lowest BCUT2D eigenvalue weighted by Crippen LogP contribution is -2.32. The van der Waals surface area contributed by atoms with Crippen LogP contribution in [0.3, 0.4) is 0 Å². The lowest BCUT2D eigenvalue weighted by molar-refractivity contribution is 0.186. The maximum Gasteiger partial charge on any atom is 0.263 e. The second-order valence-corrected chi connectivity index (χ2v) is 9.87. The Labute approximate surface area is 170 Å². The van der Waals surface area contributed by atoms with Crippen LogP contribution in [-0.4, -0.2) is 45.6 Å². The molecule has 0 unspecified atom stereocenters. The van der Waals surface area contributed by atoms with Gasteiger partial charge in [-0.2, -0.15) is 0 Å². The second kappa shape index (κ2) is 8.67. The van der Waals surface area contributed by atoms with Crippen LogP contribution in [0.15, 0.2) is 23.1 Å². The number of piperidine rings is 1. The van der Waals surface area contributed by atoms with Gasteiger partial charge in [-0.25, -0.2) is 13.4 Å². The molecule has 9 heteroatoms. The molecule has 0 amide bonds. The van der Waals surface area contributed by atoms with Gasteiger partial charge in [-0.3, -0.25) is 9.62 Å². The molecule has 0 spiro atoms. The summed E-state index contributed by atoms with van der Waals surface area (Å²) in [4.78, 5) is 8.03. The number of aromatic nitrogens is 1. The normalized spacial score (nSPS) is 16.1. The molecule has 3 rings (SSSR count). The maximum absolute atomic E-state index is 12.8. The highest BCUT2D eigenvalue weighted by molar-refractivity contribution is 7.93. The first kappa shape index (κ1) is 20.9. The number of hydrogen-bond acceptors (Lipinski definition) is 7. The standard InChI is InChI=1S/C19H27N3O4S2/c1-13-7-9-22(10-8-13)12-18-14(2)20-19(27-18)21-28(23,24)15-5-6-16(25-3)17(11-15)26-4/h5-6,11,13H,7-10,12H2,1-4H3,(H,20,21). The molecule has 0 atom stereocenters. The molecule has 0 saturated carbocycles. The maximum atomic E-state index is 12.8. The quantitative estimate of drug-likeness (QED) is 0.731. The number of benzene rings is 1. The smallest absolute Gasteiger partial charge is 0.263 e. The molecule has 2 heterocycles. The minimum atomic E-state index is -3.77. The number of likely N-dealkylation sites (tertiary alicyclic amines) is 1. The van der Waals surface area contributed by atoms with Gasteiger partial charge in [0.25, 0.3) is 10.0 Å². The number of nitrogens with one attached hydrogen (secondary N) is 1. The van der Waals surface area contributed by atoms with Gasteiger partial charge in [-0.05, 0) is 50.9 Å². The van der Waals surface area contributed by atoms with Gasteiger partial charge < -0.3 is 9.47 Å². The van der Waals surface area contributed by atoms with Crippen molar-refractivity contribution < 1.29 is 17.9 Å². The molecule has 28 heavy (non-hydrogen) atoms.